The van der Waals surface area contributed by atoms with Gasteiger partial charge in [0, 0.05) is 19.3 Å². The van der Waals surface area contributed by atoms with Gasteiger partial charge in [-0.25, -0.2) is 9.00 Å². The van der Waals surface area contributed by atoms with Crippen LogP contribution >= 0.6 is 0 Å². The van der Waals surface area contributed by atoms with Crippen molar-refractivity contribution in [1.82, 2.24) is 5.32 Å². The SMILES string of the molecule is CCCN(c1ccccc1CNC(=O)OC(C)(C)C)S(C)=O. The molecule has 0 radical (unpaired) electrons. The molecule has 1 aromatic rings. The second-order valence-corrected chi connectivity index (χ2v) is 7.30. The maximum Gasteiger partial charge on any atom is 0.407 e. The zero-order chi connectivity index (χ0) is 16.8. The minimum Gasteiger partial charge on any atom is -0.444 e. The molecule has 124 valence electrons. The molecule has 22 heavy (non-hydrogen) atoms. The molecule has 0 saturated heterocycles. The molecule has 0 spiro atoms. The molecule has 0 aliphatic rings. The van der Waals surface area contributed by atoms with Crippen molar-refractivity contribution in [3.8, 4) is 0 Å². The molecule has 0 aliphatic carbocycles. The van der Waals surface area contributed by atoms with Crippen LogP contribution in [0.15, 0.2) is 24.3 Å². The van der Waals surface area contributed by atoms with Crippen LogP contribution in [-0.2, 0) is 22.3 Å². The van der Waals surface area contributed by atoms with Gasteiger partial charge in [-0.2, -0.15) is 0 Å². The Labute approximate surface area is 135 Å². The first-order valence-corrected chi connectivity index (χ1v) is 8.92. The van der Waals surface area contributed by atoms with Gasteiger partial charge in [0.1, 0.15) is 16.6 Å². The summed E-state index contributed by atoms with van der Waals surface area (Å²) < 4.78 is 19.0. The molecular formula is C16H26N2O3S. The van der Waals surface area contributed by atoms with E-state index in [1.807, 2.05) is 56.3 Å². The number of nitrogens with one attached hydrogen (secondary N) is 1. The Kier molecular flexibility index (Phi) is 6.87. The van der Waals surface area contributed by atoms with Crippen LogP contribution in [0.3, 0.4) is 0 Å². The van der Waals surface area contributed by atoms with Gasteiger partial charge in [-0.3, -0.25) is 4.31 Å². The summed E-state index contributed by atoms with van der Waals surface area (Å²) in [4.78, 5) is 11.8. The summed E-state index contributed by atoms with van der Waals surface area (Å²) in [6.07, 6.45) is 2.10. The summed E-state index contributed by atoms with van der Waals surface area (Å²) in [5.41, 5.74) is 1.27. The number of hydrogen-bond acceptors (Lipinski definition) is 3. The number of anilines is 1. The standard InChI is InChI=1S/C16H26N2O3S/c1-6-11-18(22(5)20)14-10-8-7-9-13(14)12-17-15(19)21-16(2,3)4/h7-10H,6,11-12H2,1-5H3,(H,17,19). The number of carbonyl (C=O) groups is 1. The molecule has 1 unspecified atom stereocenters. The molecule has 1 N–H and O–H groups in total. The van der Waals surface area contributed by atoms with Gasteiger partial charge in [-0.1, -0.05) is 25.1 Å². The highest BCUT2D eigenvalue weighted by Gasteiger charge is 2.17. The number of nitrogens with zero attached hydrogens (tertiary/aromatic N) is 1. The summed E-state index contributed by atoms with van der Waals surface area (Å²) >= 11 is 0. The van der Waals surface area contributed by atoms with Gasteiger partial charge in [0.25, 0.3) is 0 Å². The quantitative estimate of drug-likeness (QED) is 0.873. The fourth-order valence-electron chi connectivity index (χ4n) is 1.98. The van der Waals surface area contributed by atoms with Crippen LogP contribution in [0, 0.1) is 0 Å². The van der Waals surface area contributed by atoms with Crippen molar-refractivity contribution in [3.63, 3.8) is 0 Å². The van der Waals surface area contributed by atoms with E-state index in [9.17, 15) is 9.00 Å². The minimum absolute atomic E-state index is 0.336. The van der Waals surface area contributed by atoms with E-state index in [4.69, 9.17) is 4.74 Å². The van der Waals surface area contributed by atoms with E-state index in [1.54, 1.807) is 6.26 Å². The lowest BCUT2D eigenvalue weighted by molar-refractivity contribution is 0.0523. The fraction of sp³-hybridized carbons (Fsp3) is 0.562. The third-order valence-corrected chi connectivity index (χ3v) is 3.82. The molecule has 0 fully saturated rings. The molecular weight excluding hydrogens is 300 g/mol. The predicted molar refractivity (Wildman–Crippen MR) is 91.2 cm³/mol. The summed E-state index contributed by atoms with van der Waals surface area (Å²) in [7, 11) is -1.11. The largest absolute Gasteiger partial charge is 0.444 e. The van der Waals surface area contributed by atoms with Gasteiger partial charge < -0.3 is 10.1 Å². The van der Waals surface area contributed by atoms with Crippen molar-refractivity contribution < 1.29 is 13.7 Å². The second kappa shape index (κ2) is 8.17. The Hall–Kier alpha value is -1.56. The number of benzene rings is 1. The van der Waals surface area contributed by atoms with Crippen molar-refractivity contribution in [1.29, 1.82) is 0 Å². The number of hydrogen-bond donors (Lipinski definition) is 1. The lowest BCUT2D eigenvalue weighted by atomic mass is 10.1. The van der Waals surface area contributed by atoms with Crippen molar-refractivity contribution >= 4 is 22.8 Å². The van der Waals surface area contributed by atoms with E-state index < -0.39 is 22.7 Å². The maximum atomic E-state index is 11.9. The highest BCUT2D eigenvalue weighted by Crippen LogP contribution is 2.22. The third-order valence-electron chi connectivity index (χ3n) is 2.82. The lowest BCUT2D eigenvalue weighted by Gasteiger charge is -2.24. The van der Waals surface area contributed by atoms with Crippen LogP contribution in [-0.4, -0.2) is 28.7 Å². The Balaban J connectivity index is 2.83. The maximum absolute atomic E-state index is 11.9. The Bertz CT molecular complexity index is 526. The van der Waals surface area contributed by atoms with Crippen molar-refractivity contribution in [2.45, 2.75) is 46.3 Å². The monoisotopic (exact) mass is 326 g/mol. The van der Waals surface area contributed by atoms with E-state index in [-0.39, 0.29) is 0 Å². The first-order chi connectivity index (χ1) is 10.2. The van der Waals surface area contributed by atoms with E-state index >= 15 is 0 Å². The lowest BCUT2D eigenvalue weighted by Crippen LogP contribution is -2.33. The van der Waals surface area contributed by atoms with Crippen LogP contribution in [0.4, 0.5) is 10.5 Å². The van der Waals surface area contributed by atoms with Crippen LogP contribution in [0.25, 0.3) is 0 Å². The Morgan fingerprint density at radius 1 is 1.32 bits per heavy atom. The zero-order valence-electron chi connectivity index (χ0n) is 14.0. The van der Waals surface area contributed by atoms with Gasteiger partial charge in [0.2, 0.25) is 0 Å². The first kappa shape index (κ1) is 18.5. The Morgan fingerprint density at radius 3 is 2.50 bits per heavy atom. The summed E-state index contributed by atoms with van der Waals surface area (Å²) in [6.45, 7) is 8.55. The minimum atomic E-state index is -1.11. The zero-order valence-corrected chi connectivity index (χ0v) is 14.8. The van der Waals surface area contributed by atoms with Gasteiger partial charge in [-0.15, -0.1) is 0 Å². The average molecular weight is 326 g/mol. The van der Waals surface area contributed by atoms with Crippen molar-refractivity contribution in [3.05, 3.63) is 29.8 Å². The van der Waals surface area contributed by atoms with Crippen LogP contribution in [0.5, 0.6) is 0 Å². The summed E-state index contributed by atoms with van der Waals surface area (Å²) in [6, 6.07) is 7.64. The number of alkyl carbamates (subject to hydrolysis) is 1. The normalized spacial score (nSPS) is 12.6. The molecule has 0 heterocycles. The molecule has 1 atom stereocenters. The van der Waals surface area contributed by atoms with Gasteiger partial charge in [-0.05, 0) is 38.8 Å². The van der Waals surface area contributed by atoms with Crippen LogP contribution in [0.2, 0.25) is 0 Å². The van der Waals surface area contributed by atoms with Crippen LogP contribution in [0.1, 0.15) is 39.7 Å². The number of para-hydroxylation sites is 1. The molecule has 0 aromatic heterocycles. The topological polar surface area (TPSA) is 58.6 Å². The Morgan fingerprint density at radius 2 is 1.95 bits per heavy atom. The molecule has 0 saturated carbocycles. The number of carbonyl (C=O) groups excluding carboxylic acids is 1. The smallest absolute Gasteiger partial charge is 0.407 e. The van der Waals surface area contributed by atoms with Gasteiger partial charge in [0.15, 0.2) is 0 Å². The van der Waals surface area contributed by atoms with E-state index in [2.05, 4.69) is 5.32 Å². The number of rotatable bonds is 6. The highest BCUT2D eigenvalue weighted by molar-refractivity contribution is 7.85. The van der Waals surface area contributed by atoms with Crippen molar-refractivity contribution in [2.75, 3.05) is 17.1 Å². The van der Waals surface area contributed by atoms with Crippen molar-refractivity contribution in [2.24, 2.45) is 0 Å². The molecule has 1 aromatic carbocycles. The van der Waals surface area contributed by atoms with E-state index in [0.29, 0.717) is 13.1 Å². The summed E-state index contributed by atoms with van der Waals surface area (Å²) in [5.74, 6) is 0. The van der Waals surface area contributed by atoms with Crippen LogP contribution < -0.4 is 9.62 Å². The molecule has 5 nitrogen and oxygen atoms in total. The fourth-order valence-corrected chi connectivity index (χ4v) is 2.87. The molecule has 1 amide bonds. The molecule has 0 aliphatic heterocycles. The third kappa shape index (κ3) is 6.05. The molecule has 0 bridgehead atoms. The molecule has 6 heteroatoms. The predicted octanol–water partition coefficient (Wildman–Crippen LogP) is 3.22. The van der Waals surface area contributed by atoms with E-state index in [0.717, 1.165) is 17.7 Å². The number of ether oxygens (including phenoxy) is 1. The van der Waals surface area contributed by atoms with Gasteiger partial charge >= 0.3 is 6.09 Å². The number of amides is 1. The summed E-state index contributed by atoms with van der Waals surface area (Å²) in [5, 5.41) is 2.75. The first-order valence-electron chi connectivity index (χ1n) is 7.40. The average Bonchev–Trinajstić information content (AvgIpc) is 2.41. The van der Waals surface area contributed by atoms with E-state index in [1.165, 1.54) is 0 Å². The molecule has 1 rings (SSSR count). The second-order valence-electron chi connectivity index (χ2n) is 6.01. The highest BCUT2D eigenvalue weighted by atomic mass is 32.2. The van der Waals surface area contributed by atoms with Gasteiger partial charge in [0.05, 0.1) is 5.69 Å².